The third-order valence-electron chi connectivity index (χ3n) is 4.82. The monoisotopic (exact) mass is 346 g/mol. The number of nitrogen functional groups attached to an aromatic ring is 1. The van der Waals surface area contributed by atoms with Gasteiger partial charge in [0.05, 0.1) is 6.61 Å². The van der Waals surface area contributed by atoms with Crippen LogP contribution in [0.5, 0.6) is 0 Å². The highest BCUT2D eigenvalue weighted by Gasteiger charge is 2.43. The second kappa shape index (κ2) is 7.36. The van der Waals surface area contributed by atoms with Gasteiger partial charge in [-0.25, -0.2) is 4.98 Å². The molecule has 0 amide bonds. The van der Waals surface area contributed by atoms with Crippen LogP contribution in [0.25, 0.3) is 0 Å². The topological polar surface area (TPSA) is 84.1 Å². The van der Waals surface area contributed by atoms with Crippen molar-refractivity contribution in [3.8, 4) is 0 Å². The van der Waals surface area contributed by atoms with Crippen molar-refractivity contribution in [1.29, 1.82) is 0 Å². The minimum atomic E-state index is -0.0759. The summed E-state index contributed by atoms with van der Waals surface area (Å²) in [7, 11) is 0. The van der Waals surface area contributed by atoms with Crippen LogP contribution in [-0.4, -0.2) is 28.2 Å². The first kappa shape index (κ1) is 17.0. The summed E-state index contributed by atoms with van der Waals surface area (Å²) in [6.45, 7) is 0.842. The van der Waals surface area contributed by atoms with Gasteiger partial charge in [0.15, 0.2) is 0 Å². The van der Waals surface area contributed by atoms with Gasteiger partial charge in [0, 0.05) is 18.0 Å². The summed E-state index contributed by atoms with van der Waals surface area (Å²) in [5, 5.41) is 13.4. The van der Waals surface area contributed by atoms with E-state index in [0.29, 0.717) is 23.4 Å². The zero-order valence-corrected chi connectivity index (χ0v) is 14.3. The number of nitrogens with two attached hydrogens (primary N) is 1. The summed E-state index contributed by atoms with van der Waals surface area (Å²) in [6, 6.07) is 12.2. The Hall–Kier alpha value is -1.85. The Balaban J connectivity index is 1.48. The number of hydrogen-bond donors (Lipinski definition) is 3. The van der Waals surface area contributed by atoms with Crippen LogP contribution >= 0.6 is 11.6 Å². The van der Waals surface area contributed by atoms with Crippen molar-refractivity contribution in [3.63, 3.8) is 0 Å². The van der Waals surface area contributed by atoms with E-state index in [-0.39, 0.29) is 18.0 Å². The molecule has 24 heavy (non-hydrogen) atoms. The number of nitrogens with one attached hydrogen (secondary N) is 1. The summed E-state index contributed by atoms with van der Waals surface area (Å²) in [5.74, 6) is 1.42. The average Bonchev–Trinajstić information content (AvgIpc) is 2.53. The number of anilines is 2. The molecule has 1 aliphatic carbocycles. The van der Waals surface area contributed by atoms with Crippen molar-refractivity contribution in [1.82, 2.24) is 9.97 Å². The van der Waals surface area contributed by atoms with Crippen LogP contribution in [0, 0.1) is 11.3 Å². The van der Waals surface area contributed by atoms with Gasteiger partial charge in [-0.15, -0.1) is 0 Å². The van der Waals surface area contributed by atoms with Gasteiger partial charge in [-0.1, -0.05) is 41.9 Å². The molecule has 0 bridgehead atoms. The van der Waals surface area contributed by atoms with Crippen LogP contribution in [0.15, 0.2) is 36.4 Å². The molecule has 0 atom stereocenters. The summed E-state index contributed by atoms with van der Waals surface area (Å²) in [5.41, 5.74) is 6.90. The second-order valence-electron chi connectivity index (χ2n) is 6.74. The molecule has 0 aliphatic heterocycles. The fourth-order valence-electron chi connectivity index (χ4n) is 3.52. The van der Waals surface area contributed by atoms with E-state index in [4.69, 9.17) is 17.3 Å². The predicted octanol–water partition coefficient (Wildman–Crippen LogP) is 3.15. The minimum Gasteiger partial charge on any atom is -0.396 e. The van der Waals surface area contributed by atoms with E-state index in [9.17, 15) is 5.11 Å². The fraction of sp³-hybridized carbons (Fsp3) is 0.444. The molecule has 0 unspecified atom stereocenters. The largest absolute Gasteiger partial charge is 0.396 e. The van der Waals surface area contributed by atoms with Gasteiger partial charge >= 0.3 is 0 Å². The molecule has 0 radical (unpaired) electrons. The van der Waals surface area contributed by atoms with Crippen molar-refractivity contribution < 1.29 is 5.11 Å². The lowest BCUT2D eigenvalue weighted by molar-refractivity contribution is 0.00302. The number of aromatic nitrogens is 2. The standard InChI is InChI=1S/C18H23ClN4O/c19-15-8-16(23-17(20)22-15)21-11-18(12-24)9-14(10-18)7-6-13-4-2-1-3-5-13/h1-5,8,14,24H,6-7,9-12H2,(H3,20,21,22,23). The lowest BCUT2D eigenvalue weighted by Gasteiger charge is -2.47. The van der Waals surface area contributed by atoms with E-state index in [1.807, 2.05) is 6.07 Å². The van der Waals surface area contributed by atoms with Crippen LogP contribution in [-0.2, 0) is 6.42 Å². The van der Waals surface area contributed by atoms with Crippen molar-refractivity contribution in [2.45, 2.75) is 25.7 Å². The number of benzene rings is 1. The van der Waals surface area contributed by atoms with Gasteiger partial charge in [-0.05, 0) is 37.2 Å². The van der Waals surface area contributed by atoms with E-state index in [1.165, 1.54) is 5.56 Å². The van der Waals surface area contributed by atoms with Crippen LogP contribution in [0.1, 0.15) is 24.8 Å². The number of aliphatic hydroxyl groups excluding tert-OH is 1. The highest BCUT2D eigenvalue weighted by molar-refractivity contribution is 6.29. The van der Waals surface area contributed by atoms with Crippen molar-refractivity contribution in [2.24, 2.45) is 11.3 Å². The van der Waals surface area contributed by atoms with E-state index in [1.54, 1.807) is 6.07 Å². The predicted molar refractivity (Wildman–Crippen MR) is 96.9 cm³/mol. The normalized spacial score (nSPS) is 22.8. The van der Waals surface area contributed by atoms with Gasteiger partial charge in [0.2, 0.25) is 5.95 Å². The molecule has 3 rings (SSSR count). The molecular formula is C18H23ClN4O. The molecule has 5 nitrogen and oxygen atoms in total. The highest BCUT2D eigenvalue weighted by atomic mass is 35.5. The highest BCUT2D eigenvalue weighted by Crippen LogP contribution is 2.47. The summed E-state index contributed by atoms with van der Waals surface area (Å²) >= 11 is 5.88. The number of aryl methyl sites for hydroxylation is 1. The maximum absolute atomic E-state index is 9.80. The zero-order chi connectivity index (χ0) is 17.0. The Bertz CT molecular complexity index is 654. The summed E-state index contributed by atoms with van der Waals surface area (Å²) in [6.07, 6.45) is 4.31. The van der Waals surface area contributed by atoms with Crippen LogP contribution < -0.4 is 11.1 Å². The number of aliphatic hydroxyl groups is 1. The lowest BCUT2D eigenvalue weighted by atomic mass is 9.61. The Morgan fingerprint density at radius 3 is 2.67 bits per heavy atom. The van der Waals surface area contributed by atoms with Crippen LogP contribution in [0.3, 0.4) is 0 Å². The molecule has 0 spiro atoms. The van der Waals surface area contributed by atoms with E-state index in [0.717, 1.165) is 25.7 Å². The summed E-state index contributed by atoms with van der Waals surface area (Å²) in [4.78, 5) is 7.96. The third-order valence-corrected chi connectivity index (χ3v) is 5.01. The first-order valence-electron chi connectivity index (χ1n) is 8.27. The number of hydrogen-bond acceptors (Lipinski definition) is 5. The maximum Gasteiger partial charge on any atom is 0.223 e. The SMILES string of the molecule is Nc1nc(Cl)cc(NCC2(CO)CC(CCc3ccccc3)C2)n1. The summed E-state index contributed by atoms with van der Waals surface area (Å²) < 4.78 is 0. The molecule has 6 heteroatoms. The molecule has 1 fully saturated rings. The van der Waals surface area contributed by atoms with Gasteiger partial charge < -0.3 is 16.2 Å². The fourth-order valence-corrected chi connectivity index (χ4v) is 3.71. The molecule has 1 aliphatic rings. The molecule has 2 aromatic rings. The molecule has 128 valence electrons. The lowest BCUT2D eigenvalue weighted by Crippen LogP contribution is -2.45. The Kier molecular flexibility index (Phi) is 5.21. The smallest absolute Gasteiger partial charge is 0.223 e. The van der Waals surface area contributed by atoms with E-state index >= 15 is 0 Å². The van der Waals surface area contributed by atoms with Crippen molar-refractivity contribution in [3.05, 3.63) is 47.1 Å². The average molecular weight is 347 g/mol. The minimum absolute atomic E-state index is 0.0759. The molecule has 1 saturated carbocycles. The second-order valence-corrected chi connectivity index (χ2v) is 7.13. The van der Waals surface area contributed by atoms with Gasteiger partial charge in [-0.2, -0.15) is 4.98 Å². The first-order chi connectivity index (χ1) is 11.6. The van der Waals surface area contributed by atoms with Gasteiger partial charge in [-0.3, -0.25) is 0 Å². The molecular weight excluding hydrogens is 324 g/mol. The zero-order valence-electron chi connectivity index (χ0n) is 13.6. The Morgan fingerprint density at radius 2 is 2.00 bits per heavy atom. The van der Waals surface area contributed by atoms with Gasteiger partial charge in [0.25, 0.3) is 0 Å². The van der Waals surface area contributed by atoms with E-state index < -0.39 is 0 Å². The van der Waals surface area contributed by atoms with Crippen LogP contribution in [0.4, 0.5) is 11.8 Å². The molecule has 0 saturated heterocycles. The molecule has 4 N–H and O–H groups in total. The Morgan fingerprint density at radius 1 is 1.25 bits per heavy atom. The maximum atomic E-state index is 9.80. The molecule has 1 heterocycles. The Labute approximate surface area is 147 Å². The van der Waals surface area contributed by atoms with E-state index in [2.05, 4.69) is 39.6 Å². The van der Waals surface area contributed by atoms with Gasteiger partial charge in [0.1, 0.15) is 11.0 Å². The molecule has 1 aromatic carbocycles. The first-order valence-corrected chi connectivity index (χ1v) is 8.65. The van der Waals surface area contributed by atoms with Crippen LogP contribution in [0.2, 0.25) is 5.15 Å². The van der Waals surface area contributed by atoms with Crippen molar-refractivity contribution in [2.75, 3.05) is 24.2 Å². The third kappa shape index (κ3) is 4.16. The number of nitrogens with zero attached hydrogens (tertiary/aromatic N) is 2. The quantitative estimate of drug-likeness (QED) is 0.671. The molecule has 1 aromatic heterocycles. The number of halogens is 1. The van der Waals surface area contributed by atoms with Crippen molar-refractivity contribution >= 4 is 23.4 Å². The number of rotatable bonds is 7.